The average Bonchev–Trinajstić information content (AvgIpc) is 2.72. The summed E-state index contributed by atoms with van der Waals surface area (Å²) in [5.41, 5.74) is 0. The molecule has 9 heteroatoms. The van der Waals surface area contributed by atoms with Crippen LogP contribution in [-0.4, -0.2) is 67.0 Å². The van der Waals surface area contributed by atoms with Gasteiger partial charge in [0.2, 0.25) is 10.0 Å². The van der Waals surface area contributed by atoms with E-state index in [-0.39, 0.29) is 30.6 Å². The Balaban J connectivity index is 1.68. The predicted octanol–water partition coefficient (Wildman–Crippen LogP) is 0.901. The third-order valence-corrected chi connectivity index (χ3v) is 6.22. The second kappa shape index (κ2) is 5.73. The van der Waals surface area contributed by atoms with Gasteiger partial charge in [0.1, 0.15) is 5.82 Å². The molecule has 1 atom stereocenters. The van der Waals surface area contributed by atoms with Gasteiger partial charge >= 0.3 is 0 Å². The Morgan fingerprint density at radius 1 is 1.22 bits per heavy atom. The van der Waals surface area contributed by atoms with Crippen molar-refractivity contribution in [3.63, 3.8) is 0 Å². The number of sulfonamides is 1. The van der Waals surface area contributed by atoms with Crippen LogP contribution in [0.15, 0.2) is 29.2 Å². The van der Waals surface area contributed by atoms with E-state index in [0.717, 1.165) is 12.1 Å². The number of likely N-dealkylation sites (tertiary alicyclic amines) is 1. The van der Waals surface area contributed by atoms with E-state index >= 15 is 0 Å². The largest absolute Gasteiger partial charge is 0.395 e. The fourth-order valence-corrected chi connectivity index (χ4v) is 4.61. The van der Waals surface area contributed by atoms with Crippen molar-refractivity contribution in [2.75, 3.05) is 26.2 Å². The second-order valence-electron chi connectivity index (χ2n) is 6.00. The van der Waals surface area contributed by atoms with Crippen LogP contribution in [0.25, 0.3) is 0 Å². The van der Waals surface area contributed by atoms with Crippen molar-refractivity contribution >= 4 is 10.0 Å². The first-order valence-electron chi connectivity index (χ1n) is 7.23. The molecule has 5 nitrogen and oxygen atoms in total. The van der Waals surface area contributed by atoms with E-state index in [0.29, 0.717) is 0 Å². The van der Waals surface area contributed by atoms with Gasteiger partial charge in [-0.15, -0.1) is 0 Å². The maximum atomic E-state index is 13.5. The van der Waals surface area contributed by atoms with Crippen LogP contribution in [0.1, 0.15) is 6.42 Å². The molecule has 1 aromatic rings. The summed E-state index contributed by atoms with van der Waals surface area (Å²) < 4.78 is 65.7. The SMILES string of the molecule is O=S(=O)(c1ccc(F)cc1)N1CC(N2CC(F)(F)C[C@H]2CO)C1. The fourth-order valence-electron chi connectivity index (χ4n) is 3.10. The Hall–Kier alpha value is -1.16. The molecule has 0 saturated carbocycles. The highest BCUT2D eigenvalue weighted by atomic mass is 32.2. The molecule has 0 spiro atoms. The first kappa shape index (κ1) is 16.7. The number of aliphatic hydroxyl groups excluding tert-OH is 1. The van der Waals surface area contributed by atoms with Crippen molar-refractivity contribution in [2.24, 2.45) is 0 Å². The standard InChI is InChI=1S/C14H17F3N2O3S/c15-10-1-3-13(4-2-10)23(21,22)18-6-12(7-18)19-9-14(16,17)5-11(19)8-20/h1-4,11-12,20H,5-9H2/t11-/m0/s1. The van der Waals surface area contributed by atoms with Gasteiger partial charge in [-0.1, -0.05) is 0 Å². The molecule has 2 heterocycles. The van der Waals surface area contributed by atoms with Crippen molar-refractivity contribution in [1.82, 2.24) is 9.21 Å². The summed E-state index contributed by atoms with van der Waals surface area (Å²) >= 11 is 0. The number of hydrogen-bond acceptors (Lipinski definition) is 4. The molecular formula is C14H17F3N2O3S. The van der Waals surface area contributed by atoms with Crippen molar-refractivity contribution in [2.45, 2.75) is 29.3 Å². The Bertz CT molecular complexity index is 675. The number of benzene rings is 1. The van der Waals surface area contributed by atoms with Crippen LogP contribution in [0.2, 0.25) is 0 Å². The minimum absolute atomic E-state index is 0.0252. The van der Waals surface area contributed by atoms with E-state index in [1.165, 1.54) is 21.3 Å². The zero-order valence-corrected chi connectivity index (χ0v) is 13.0. The molecule has 0 aliphatic carbocycles. The van der Waals surface area contributed by atoms with Gasteiger partial charge in [0.25, 0.3) is 5.92 Å². The van der Waals surface area contributed by atoms with Gasteiger partial charge in [-0.2, -0.15) is 4.31 Å². The first-order valence-corrected chi connectivity index (χ1v) is 8.67. The molecule has 1 aromatic carbocycles. The van der Waals surface area contributed by atoms with Crippen LogP contribution in [0.5, 0.6) is 0 Å². The van der Waals surface area contributed by atoms with Gasteiger partial charge in [-0.05, 0) is 24.3 Å². The summed E-state index contributed by atoms with van der Waals surface area (Å²) in [6.45, 7) is -0.664. The molecular weight excluding hydrogens is 333 g/mol. The topological polar surface area (TPSA) is 60.9 Å². The van der Waals surface area contributed by atoms with Crippen LogP contribution in [-0.2, 0) is 10.0 Å². The highest BCUT2D eigenvalue weighted by Gasteiger charge is 2.51. The monoisotopic (exact) mass is 350 g/mol. The molecule has 2 aliphatic heterocycles. The van der Waals surface area contributed by atoms with Crippen molar-refractivity contribution in [3.05, 3.63) is 30.1 Å². The third kappa shape index (κ3) is 3.10. The van der Waals surface area contributed by atoms with Crippen molar-refractivity contribution in [3.8, 4) is 0 Å². The smallest absolute Gasteiger partial charge is 0.262 e. The lowest BCUT2D eigenvalue weighted by Crippen LogP contribution is -2.62. The Labute approximate surface area is 132 Å². The zero-order chi connectivity index (χ0) is 16.8. The Morgan fingerprint density at radius 2 is 1.83 bits per heavy atom. The molecule has 0 unspecified atom stereocenters. The van der Waals surface area contributed by atoms with Gasteiger partial charge in [0, 0.05) is 31.6 Å². The number of halogens is 3. The molecule has 0 amide bonds. The number of alkyl halides is 2. The molecule has 0 radical (unpaired) electrons. The van der Waals surface area contributed by atoms with Gasteiger partial charge in [0.15, 0.2) is 0 Å². The normalized spacial score (nSPS) is 26.3. The van der Waals surface area contributed by atoms with E-state index in [1.54, 1.807) is 0 Å². The molecule has 2 saturated heterocycles. The highest BCUT2D eigenvalue weighted by Crippen LogP contribution is 2.36. The number of aliphatic hydroxyl groups is 1. The minimum atomic E-state index is -3.74. The molecule has 2 aliphatic rings. The summed E-state index contributed by atoms with van der Waals surface area (Å²) in [5, 5.41) is 9.22. The quantitative estimate of drug-likeness (QED) is 0.877. The summed E-state index contributed by atoms with van der Waals surface area (Å²) in [6.07, 6.45) is -0.412. The molecule has 0 bridgehead atoms. The van der Waals surface area contributed by atoms with Gasteiger partial charge in [0.05, 0.1) is 18.0 Å². The van der Waals surface area contributed by atoms with Crippen LogP contribution >= 0.6 is 0 Å². The molecule has 2 fully saturated rings. The fraction of sp³-hybridized carbons (Fsp3) is 0.571. The number of hydrogen-bond donors (Lipinski definition) is 1. The van der Waals surface area contributed by atoms with E-state index in [9.17, 15) is 26.7 Å². The summed E-state index contributed by atoms with van der Waals surface area (Å²) in [5.74, 6) is -3.39. The number of rotatable bonds is 4. The van der Waals surface area contributed by atoms with Crippen molar-refractivity contribution < 1.29 is 26.7 Å². The molecule has 1 N–H and O–H groups in total. The molecule has 23 heavy (non-hydrogen) atoms. The minimum Gasteiger partial charge on any atom is -0.395 e. The van der Waals surface area contributed by atoms with E-state index in [4.69, 9.17) is 0 Å². The van der Waals surface area contributed by atoms with Crippen molar-refractivity contribution in [1.29, 1.82) is 0 Å². The molecule has 3 rings (SSSR count). The lowest BCUT2D eigenvalue weighted by molar-refractivity contribution is -0.00245. The van der Waals surface area contributed by atoms with E-state index < -0.39 is 40.8 Å². The predicted molar refractivity (Wildman–Crippen MR) is 76.1 cm³/mol. The average molecular weight is 350 g/mol. The Kier molecular flexibility index (Phi) is 4.16. The lowest BCUT2D eigenvalue weighted by Gasteiger charge is -2.44. The first-order chi connectivity index (χ1) is 10.7. The third-order valence-electron chi connectivity index (χ3n) is 4.38. The van der Waals surface area contributed by atoms with Gasteiger partial charge in [-0.25, -0.2) is 21.6 Å². The zero-order valence-electron chi connectivity index (χ0n) is 12.2. The Morgan fingerprint density at radius 3 is 2.39 bits per heavy atom. The number of nitrogens with zero attached hydrogens (tertiary/aromatic N) is 2. The van der Waals surface area contributed by atoms with Crippen LogP contribution in [0.3, 0.4) is 0 Å². The summed E-state index contributed by atoms with van der Waals surface area (Å²) in [7, 11) is -3.74. The maximum absolute atomic E-state index is 13.5. The van der Waals surface area contributed by atoms with E-state index in [2.05, 4.69) is 0 Å². The summed E-state index contributed by atoms with van der Waals surface area (Å²) in [6, 6.07) is 3.50. The van der Waals surface area contributed by atoms with Crippen LogP contribution in [0.4, 0.5) is 13.2 Å². The highest BCUT2D eigenvalue weighted by molar-refractivity contribution is 7.89. The lowest BCUT2D eigenvalue weighted by atomic mass is 10.1. The van der Waals surface area contributed by atoms with E-state index in [1.807, 2.05) is 0 Å². The second-order valence-corrected chi connectivity index (χ2v) is 7.94. The molecule has 0 aromatic heterocycles. The van der Waals surface area contributed by atoms with Gasteiger partial charge in [-0.3, -0.25) is 4.90 Å². The van der Waals surface area contributed by atoms with Gasteiger partial charge < -0.3 is 5.11 Å². The van der Waals surface area contributed by atoms with Crippen LogP contribution < -0.4 is 0 Å². The summed E-state index contributed by atoms with van der Waals surface area (Å²) in [4.78, 5) is 1.46. The molecule has 128 valence electrons. The van der Waals surface area contributed by atoms with Crippen LogP contribution in [0, 0.1) is 5.82 Å². The maximum Gasteiger partial charge on any atom is 0.262 e.